The molecule has 1 aromatic heterocycles. The summed E-state index contributed by atoms with van der Waals surface area (Å²) in [4.78, 5) is 2.25. The summed E-state index contributed by atoms with van der Waals surface area (Å²) in [7, 11) is 1.70. The highest BCUT2D eigenvalue weighted by Crippen LogP contribution is 2.31. The van der Waals surface area contributed by atoms with E-state index in [9.17, 15) is 0 Å². The molecular formula is C13H23N3O2S. The number of nitrogens with zero attached hydrogens (tertiary/aromatic N) is 3. The van der Waals surface area contributed by atoms with E-state index in [0.717, 1.165) is 23.2 Å². The molecule has 2 heterocycles. The first-order valence-electron chi connectivity index (χ1n) is 6.63. The van der Waals surface area contributed by atoms with E-state index in [1.165, 1.54) is 0 Å². The van der Waals surface area contributed by atoms with Crippen molar-refractivity contribution in [2.75, 3.05) is 31.7 Å². The molecule has 19 heavy (non-hydrogen) atoms. The molecule has 2 atom stereocenters. The van der Waals surface area contributed by atoms with Crippen LogP contribution in [0.2, 0.25) is 0 Å². The third-order valence-electron chi connectivity index (χ3n) is 3.01. The van der Waals surface area contributed by atoms with Crippen LogP contribution < -0.4 is 4.90 Å². The number of morpholine rings is 1. The van der Waals surface area contributed by atoms with Crippen LogP contribution in [0.3, 0.4) is 0 Å². The second kappa shape index (κ2) is 5.73. The zero-order chi connectivity index (χ0) is 14.0. The summed E-state index contributed by atoms with van der Waals surface area (Å²) >= 11 is 1.68. The molecule has 0 saturated carbocycles. The molecule has 2 rings (SSSR count). The maximum Gasteiger partial charge on any atom is 0.208 e. The fourth-order valence-corrected chi connectivity index (χ4v) is 3.05. The monoisotopic (exact) mass is 285 g/mol. The molecular weight excluding hydrogens is 262 g/mol. The second-order valence-electron chi connectivity index (χ2n) is 6.07. The van der Waals surface area contributed by atoms with Crippen molar-refractivity contribution in [2.45, 2.75) is 45.3 Å². The minimum atomic E-state index is 0.0553. The average molecular weight is 285 g/mol. The Morgan fingerprint density at radius 2 is 2.11 bits per heavy atom. The topological polar surface area (TPSA) is 47.5 Å². The lowest BCUT2D eigenvalue weighted by atomic mass is 9.98. The molecule has 108 valence electrons. The van der Waals surface area contributed by atoms with Crippen molar-refractivity contribution in [2.24, 2.45) is 0 Å². The van der Waals surface area contributed by atoms with E-state index in [4.69, 9.17) is 9.47 Å². The Labute approximate surface area is 118 Å². The van der Waals surface area contributed by atoms with E-state index in [1.807, 2.05) is 0 Å². The highest BCUT2D eigenvalue weighted by Gasteiger charge is 2.28. The van der Waals surface area contributed by atoms with Crippen LogP contribution in [0, 0.1) is 0 Å². The van der Waals surface area contributed by atoms with Crippen LogP contribution >= 0.6 is 11.3 Å². The molecule has 0 bridgehead atoms. The molecule has 1 aliphatic rings. The van der Waals surface area contributed by atoms with Crippen molar-refractivity contribution in [1.82, 2.24) is 10.2 Å². The van der Waals surface area contributed by atoms with E-state index in [2.05, 4.69) is 42.8 Å². The van der Waals surface area contributed by atoms with E-state index < -0.39 is 0 Å². The fraction of sp³-hybridized carbons (Fsp3) is 0.846. The number of ether oxygens (including phenoxy) is 2. The summed E-state index contributed by atoms with van der Waals surface area (Å²) in [5.74, 6) is 0. The summed E-state index contributed by atoms with van der Waals surface area (Å²) in [5, 5.41) is 10.7. The Morgan fingerprint density at radius 1 is 1.37 bits per heavy atom. The van der Waals surface area contributed by atoms with Crippen LogP contribution in [-0.4, -0.2) is 49.2 Å². The van der Waals surface area contributed by atoms with Crippen molar-refractivity contribution < 1.29 is 9.47 Å². The largest absolute Gasteiger partial charge is 0.382 e. The van der Waals surface area contributed by atoms with Crippen molar-refractivity contribution in [1.29, 1.82) is 0 Å². The molecule has 2 unspecified atom stereocenters. The van der Waals surface area contributed by atoms with Crippen LogP contribution in [0.1, 0.15) is 32.7 Å². The minimum Gasteiger partial charge on any atom is -0.382 e. The summed E-state index contributed by atoms with van der Waals surface area (Å²) in [6.45, 7) is 10.9. The van der Waals surface area contributed by atoms with Gasteiger partial charge in [0, 0.05) is 25.6 Å². The smallest absolute Gasteiger partial charge is 0.208 e. The van der Waals surface area contributed by atoms with Gasteiger partial charge < -0.3 is 14.4 Å². The lowest BCUT2D eigenvalue weighted by molar-refractivity contribution is -0.0511. The Balaban J connectivity index is 2.10. The van der Waals surface area contributed by atoms with E-state index >= 15 is 0 Å². The van der Waals surface area contributed by atoms with Crippen molar-refractivity contribution >= 4 is 16.5 Å². The number of rotatable bonds is 3. The zero-order valence-corrected chi connectivity index (χ0v) is 13.2. The van der Waals surface area contributed by atoms with Gasteiger partial charge >= 0.3 is 0 Å². The maximum absolute atomic E-state index is 5.84. The second-order valence-corrected chi connectivity index (χ2v) is 7.02. The van der Waals surface area contributed by atoms with Crippen molar-refractivity contribution in [3.05, 3.63) is 5.01 Å². The predicted octanol–water partition coefficient (Wildman–Crippen LogP) is 2.08. The Hall–Kier alpha value is -0.720. The Bertz CT molecular complexity index is 416. The van der Waals surface area contributed by atoms with Crippen LogP contribution in [-0.2, 0) is 14.9 Å². The number of hydrogen-bond donors (Lipinski definition) is 0. The molecule has 1 saturated heterocycles. The molecule has 1 aromatic rings. The first kappa shape index (κ1) is 14.7. The van der Waals surface area contributed by atoms with Gasteiger partial charge in [-0.3, -0.25) is 0 Å². The Kier molecular flexibility index (Phi) is 4.43. The SMILES string of the molecule is COCC1CN(c2nnc(C(C)(C)C)s2)CC(C)O1. The summed E-state index contributed by atoms with van der Waals surface area (Å²) in [6, 6.07) is 0. The van der Waals surface area contributed by atoms with Crippen LogP contribution in [0.5, 0.6) is 0 Å². The third-order valence-corrected chi connectivity index (χ3v) is 4.42. The molecule has 1 aliphatic heterocycles. The highest BCUT2D eigenvalue weighted by atomic mass is 32.1. The molecule has 0 amide bonds. The molecule has 6 heteroatoms. The van der Waals surface area contributed by atoms with Gasteiger partial charge in [-0.1, -0.05) is 32.1 Å². The first-order chi connectivity index (χ1) is 8.90. The first-order valence-corrected chi connectivity index (χ1v) is 7.45. The number of aromatic nitrogens is 2. The van der Waals surface area contributed by atoms with Crippen molar-refractivity contribution in [3.8, 4) is 0 Å². The maximum atomic E-state index is 5.84. The third kappa shape index (κ3) is 3.64. The van der Waals surface area contributed by atoms with Crippen molar-refractivity contribution in [3.63, 3.8) is 0 Å². The fourth-order valence-electron chi connectivity index (χ4n) is 2.13. The normalized spacial score (nSPS) is 24.8. The van der Waals surface area contributed by atoms with E-state index in [1.54, 1.807) is 18.4 Å². The van der Waals surface area contributed by atoms with Gasteiger partial charge in [0.1, 0.15) is 5.01 Å². The van der Waals surface area contributed by atoms with Crippen LogP contribution in [0.25, 0.3) is 0 Å². The molecule has 0 N–H and O–H groups in total. The molecule has 0 radical (unpaired) electrons. The standard InChI is InChI=1S/C13H23N3O2S/c1-9-6-16(7-10(18-9)8-17-5)12-15-14-11(19-12)13(2,3)4/h9-10H,6-8H2,1-5H3. The van der Waals surface area contributed by atoms with Gasteiger partial charge in [0.25, 0.3) is 0 Å². The lowest BCUT2D eigenvalue weighted by Crippen LogP contribution is -2.48. The number of methoxy groups -OCH3 is 1. The number of anilines is 1. The zero-order valence-electron chi connectivity index (χ0n) is 12.3. The average Bonchev–Trinajstić information content (AvgIpc) is 2.77. The number of hydrogen-bond acceptors (Lipinski definition) is 6. The van der Waals surface area contributed by atoms with E-state index in [-0.39, 0.29) is 17.6 Å². The molecule has 1 fully saturated rings. The highest BCUT2D eigenvalue weighted by molar-refractivity contribution is 7.15. The predicted molar refractivity (Wildman–Crippen MR) is 77.0 cm³/mol. The quantitative estimate of drug-likeness (QED) is 0.851. The van der Waals surface area contributed by atoms with Gasteiger partial charge in [-0.25, -0.2) is 0 Å². The molecule has 0 aromatic carbocycles. The van der Waals surface area contributed by atoms with Gasteiger partial charge in [-0.2, -0.15) is 0 Å². The van der Waals surface area contributed by atoms with Gasteiger partial charge in [-0.05, 0) is 6.92 Å². The van der Waals surface area contributed by atoms with Crippen LogP contribution in [0.4, 0.5) is 5.13 Å². The van der Waals surface area contributed by atoms with Gasteiger partial charge in [0.2, 0.25) is 5.13 Å². The molecule has 0 spiro atoms. The van der Waals surface area contributed by atoms with Gasteiger partial charge in [-0.15, -0.1) is 10.2 Å². The Morgan fingerprint density at radius 3 is 2.68 bits per heavy atom. The minimum absolute atomic E-state index is 0.0553. The summed E-state index contributed by atoms with van der Waals surface area (Å²) in [5.41, 5.74) is 0.0553. The lowest BCUT2D eigenvalue weighted by Gasteiger charge is -2.36. The van der Waals surface area contributed by atoms with Gasteiger partial charge in [0.15, 0.2) is 0 Å². The van der Waals surface area contributed by atoms with E-state index in [0.29, 0.717) is 6.61 Å². The molecule has 0 aliphatic carbocycles. The van der Waals surface area contributed by atoms with Gasteiger partial charge in [0.05, 0.1) is 18.8 Å². The summed E-state index contributed by atoms with van der Waals surface area (Å²) in [6.07, 6.45) is 0.298. The van der Waals surface area contributed by atoms with Crippen LogP contribution in [0.15, 0.2) is 0 Å². The molecule has 5 nitrogen and oxygen atoms in total. The summed E-state index contributed by atoms with van der Waals surface area (Å²) < 4.78 is 11.0.